The molecule has 2 aromatic rings. The van der Waals surface area contributed by atoms with E-state index < -0.39 is 28.4 Å². The summed E-state index contributed by atoms with van der Waals surface area (Å²) in [5, 5.41) is 2.56. The van der Waals surface area contributed by atoms with Gasteiger partial charge in [0, 0.05) is 4.47 Å². The fourth-order valence-electron chi connectivity index (χ4n) is 2.23. The van der Waals surface area contributed by atoms with Crippen LogP contribution in [0.3, 0.4) is 0 Å². The van der Waals surface area contributed by atoms with Crippen molar-refractivity contribution in [3.8, 4) is 0 Å². The summed E-state index contributed by atoms with van der Waals surface area (Å²) < 4.78 is 30.6. The number of rotatable bonds is 6. The fourth-order valence-corrected chi connectivity index (χ4v) is 3.47. The number of amides is 1. The molecule has 0 aliphatic rings. The molecule has 0 aliphatic carbocycles. The second kappa shape index (κ2) is 8.33. The first-order valence-corrected chi connectivity index (χ1v) is 10.1. The monoisotopic (exact) mass is 440 g/mol. The molecule has 9 heteroatoms. The van der Waals surface area contributed by atoms with Gasteiger partial charge in [-0.15, -0.1) is 0 Å². The van der Waals surface area contributed by atoms with Gasteiger partial charge in [0.2, 0.25) is 15.9 Å². The number of hydrogen-bond acceptors (Lipinski definition) is 5. The predicted octanol–water partition coefficient (Wildman–Crippen LogP) is 2.64. The normalized spacial score (nSPS) is 10.9. The quantitative estimate of drug-likeness (QED) is 0.696. The number of sulfonamides is 1. The van der Waals surface area contributed by atoms with Gasteiger partial charge in [-0.05, 0) is 30.3 Å². The second-order valence-corrected chi connectivity index (χ2v) is 8.16. The Morgan fingerprint density at radius 1 is 1.15 bits per heavy atom. The molecule has 7 nitrogen and oxygen atoms in total. The molecule has 138 valence electrons. The van der Waals surface area contributed by atoms with E-state index in [1.165, 1.54) is 19.2 Å². The van der Waals surface area contributed by atoms with Crippen LogP contribution in [-0.2, 0) is 19.6 Å². The van der Waals surface area contributed by atoms with Crippen molar-refractivity contribution in [3.05, 3.63) is 58.6 Å². The Hall–Kier alpha value is -2.39. The number of para-hydroxylation sites is 1. The highest BCUT2D eigenvalue weighted by Crippen LogP contribution is 2.22. The van der Waals surface area contributed by atoms with E-state index >= 15 is 0 Å². The zero-order valence-electron chi connectivity index (χ0n) is 14.1. The lowest BCUT2D eigenvalue weighted by Crippen LogP contribution is -2.37. The van der Waals surface area contributed by atoms with E-state index in [4.69, 9.17) is 0 Å². The molecule has 2 rings (SSSR count). The van der Waals surface area contributed by atoms with Crippen LogP contribution in [0.2, 0.25) is 0 Å². The van der Waals surface area contributed by atoms with E-state index in [9.17, 15) is 18.0 Å². The minimum atomic E-state index is -3.69. The molecule has 0 spiro atoms. The molecule has 2 aromatic carbocycles. The minimum Gasteiger partial charge on any atom is -0.465 e. The molecule has 26 heavy (non-hydrogen) atoms. The number of benzene rings is 2. The van der Waals surface area contributed by atoms with Crippen molar-refractivity contribution in [2.45, 2.75) is 0 Å². The Balaban J connectivity index is 2.26. The largest absolute Gasteiger partial charge is 0.465 e. The molecule has 0 unspecified atom stereocenters. The first-order chi connectivity index (χ1) is 12.2. The first-order valence-electron chi connectivity index (χ1n) is 7.43. The number of halogens is 1. The van der Waals surface area contributed by atoms with E-state index in [0.29, 0.717) is 10.2 Å². The number of nitrogens with zero attached hydrogens (tertiary/aromatic N) is 1. The zero-order chi connectivity index (χ0) is 19.3. The number of ether oxygens (including phenoxy) is 1. The molecule has 0 aromatic heterocycles. The molecule has 1 N–H and O–H groups in total. The number of anilines is 2. The molecular formula is C17H17BrN2O5S. The third-order valence-corrected chi connectivity index (χ3v) is 5.02. The zero-order valence-corrected chi connectivity index (χ0v) is 16.5. The van der Waals surface area contributed by atoms with Crippen LogP contribution < -0.4 is 9.62 Å². The maximum atomic E-state index is 12.4. The summed E-state index contributed by atoms with van der Waals surface area (Å²) in [6, 6.07) is 12.9. The van der Waals surface area contributed by atoms with Crippen LogP contribution in [0.4, 0.5) is 11.4 Å². The van der Waals surface area contributed by atoms with E-state index in [-0.39, 0.29) is 11.3 Å². The van der Waals surface area contributed by atoms with E-state index in [2.05, 4.69) is 26.0 Å². The average molecular weight is 441 g/mol. The van der Waals surface area contributed by atoms with Crippen LogP contribution in [0.15, 0.2) is 53.0 Å². The molecule has 0 saturated heterocycles. The predicted molar refractivity (Wildman–Crippen MR) is 103 cm³/mol. The number of esters is 1. The summed E-state index contributed by atoms with van der Waals surface area (Å²) >= 11 is 3.28. The van der Waals surface area contributed by atoms with Crippen LogP contribution >= 0.6 is 15.9 Å². The number of hydrogen-bond donors (Lipinski definition) is 1. The Labute approximate surface area is 160 Å². The number of nitrogens with one attached hydrogen (secondary N) is 1. The Kier molecular flexibility index (Phi) is 6.38. The summed E-state index contributed by atoms with van der Waals surface area (Å²) in [7, 11) is -2.46. The number of carbonyl (C=O) groups excluding carboxylic acids is 2. The summed E-state index contributed by atoms with van der Waals surface area (Å²) in [4.78, 5) is 24.2. The number of methoxy groups -OCH3 is 1. The van der Waals surface area contributed by atoms with E-state index in [1.807, 2.05) is 0 Å². The molecule has 1 amide bonds. The van der Waals surface area contributed by atoms with Crippen molar-refractivity contribution in [3.63, 3.8) is 0 Å². The summed E-state index contributed by atoms with van der Waals surface area (Å²) in [5.41, 5.74) is 0.766. The Morgan fingerprint density at radius 2 is 1.85 bits per heavy atom. The van der Waals surface area contributed by atoms with Gasteiger partial charge in [0.05, 0.1) is 30.3 Å². The van der Waals surface area contributed by atoms with Crippen molar-refractivity contribution < 1.29 is 22.7 Å². The maximum Gasteiger partial charge on any atom is 0.339 e. The van der Waals surface area contributed by atoms with Gasteiger partial charge in [0.15, 0.2) is 0 Å². The fraction of sp³-hybridized carbons (Fsp3) is 0.176. The Morgan fingerprint density at radius 3 is 2.46 bits per heavy atom. The second-order valence-electron chi connectivity index (χ2n) is 5.33. The van der Waals surface area contributed by atoms with Crippen LogP contribution in [0.25, 0.3) is 0 Å². The molecule has 0 saturated carbocycles. The minimum absolute atomic E-state index is 0.178. The molecule has 0 aliphatic heterocycles. The van der Waals surface area contributed by atoms with Crippen LogP contribution in [0.1, 0.15) is 10.4 Å². The molecule has 0 radical (unpaired) electrons. The molecule has 0 bridgehead atoms. The lowest BCUT2D eigenvalue weighted by atomic mass is 10.2. The molecule has 0 atom stereocenters. The van der Waals surface area contributed by atoms with Crippen LogP contribution in [-0.4, -0.2) is 40.2 Å². The van der Waals surface area contributed by atoms with Crippen molar-refractivity contribution in [2.24, 2.45) is 0 Å². The first kappa shape index (κ1) is 19.9. The van der Waals surface area contributed by atoms with E-state index in [1.54, 1.807) is 36.4 Å². The Bertz CT molecular complexity index is 930. The molecule has 0 fully saturated rings. The highest BCUT2D eigenvalue weighted by atomic mass is 79.9. The molecular weight excluding hydrogens is 424 g/mol. The maximum absolute atomic E-state index is 12.4. The van der Waals surface area contributed by atoms with Gasteiger partial charge in [-0.2, -0.15) is 0 Å². The van der Waals surface area contributed by atoms with Crippen molar-refractivity contribution >= 4 is 49.2 Å². The average Bonchev–Trinajstić information content (AvgIpc) is 2.58. The van der Waals surface area contributed by atoms with Gasteiger partial charge in [0.1, 0.15) is 6.54 Å². The summed E-state index contributed by atoms with van der Waals surface area (Å²) in [6.45, 7) is -0.440. The van der Waals surface area contributed by atoms with Crippen molar-refractivity contribution in [1.29, 1.82) is 0 Å². The van der Waals surface area contributed by atoms with Gasteiger partial charge < -0.3 is 10.1 Å². The highest BCUT2D eigenvalue weighted by molar-refractivity contribution is 9.10. The topological polar surface area (TPSA) is 92.8 Å². The lowest BCUT2D eigenvalue weighted by Gasteiger charge is -2.22. The summed E-state index contributed by atoms with van der Waals surface area (Å²) in [6.07, 6.45) is 1.02. The van der Waals surface area contributed by atoms with Gasteiger partial charge in [-0.25, -0.2) is 13.2 Å². The smallest absolute Gasteiger partial charge is 0.339 e. The number of carbonyl (C=O) groups is 2. The van der Waals surface area contributed by atoms with Crippen LogP contribution in [0, 0.1) is 0 Å². The standard InChI is InChI=1S/C17H17BrN2O5S/c1-25-17(22)14-8-3-4-9-15(14)19-16(21)11-20(26(2,23)24)13-7-5-6-12(18)10-13/h3-10H,11H2,1-2H3,(H,19,21). The highest BCUT2D eigenvalue weighted by Gasteiger charge is 2.22. The van der Waals surface area contributed by atoms with E-state index in [0.717, 1.165) is 10.6 Å². The van der Waals surface area contributed by atoms with Gasteiger partial charge in [-0.1, -0.05) is 34.1 Å². The third-order valence-electron chi connectivity index (χ3n) is 3.39. The van der Waals surface area contributed by atoms with Crippen molar-refractivity contribution in [2.75, 3.05) is 29.5 Å². The lowest BCUT2D eigenvalue weighted by molar-refractivity contribution is -0.114. The summed E-state index contributed by atoms with van der Waals surface area (Å²) in [5.74, 6) is -1.19. The van der Waals surface area contributed by atoms with Crippen molar-refractivity contribution in [1.82, 2.24) is 0 Å². The SMILES string of the molecule is COC(=O)c1ccccc1NC(=O)CN(c1cccc(Br)c1)S(C)(=O)=O. The van der Waals surface area contributed by atoms with Gasteiger partial charge in [0.25, 0.3) is 0 Å². The van der Waals surface area contributed by atoms with Gasteiger partial charge >= 0.3 is 5.97 Å². The molecule has 0 heterocycles. The van der Waals surface area contributed by atoms with Crippen LogP contribution in [0.5, 0.6) is 0 Å². The van der Waals surface area contributed by atoms with Gasteiger partial charge in [-0.3, -0.25) is 9.10 Å². The third kappa shape index (κ3) is 5.06.